The Morgan fingerprint density at radius 2 is 0.697 bits per heavy atom. The van der Waals surface area contributed by atoms with Gasteiger partial charge in [0.2, 0.25) is 0 Å². The van der Waals surface area contributed by atoms with Crippen LogP contribution in [0.2, 0.25) is 0 Å². The van der Waals surface area contributed by atoms with Crippen LogP contribution in [-0.2, 0) is 40.5 Å². The minimum Gasteiger partial charge on any atom is -0.507 e. The van der Waals surface area contributed by atoms with Gasteiger partial charge in [-0.05, 0) is 109 Å². The van der Waals surface area contributed by atoms with E-state index in [1.54, 1.807) is 0 Å². The van der Waals surface area contributed by atoms with Crippen molar-refractivity contribution in [1.29, 1.82) is 0 Å². The molecule has 0 fully saturated rings. The van der Waals surface area contributed by atoms with Gasteiger partial charge in [0.05, 0.1) is 31.0 Å². The summed E-state index contributed by atoms with van der Waals surface area (Å²) in [4.78, 5) is 36.6. The number of hydrogen-bond acceptors (Lipinski definition) is 13. The van der Waals surface area contributed by atoms with Gasteiger partial charge in [-0.15, -0.1) is 0 Å². The van der Waals surface area contributed by atoms with Gasteiger partial charge < -0.3 is 31.5 Å². The van der Waals surface area contributed by atoms with Crippen molar-refractivity contribution < 1.29 is 76.5 Å². The minimum atomic E-state index is -4.92. The molecule has 4 amide bonds. The van der Waals surface area contributed by atoms with Gasteiger partial charge in [0.15, 0.2) is 0 Å². The Labute approximate surface area is 464 Å². The van der Waals surface area contributed by atoms with Crippen molar-refractivity contribution in [2.45, 2.75) is 33.4 Å². The number of anilines is 4. The third kappa shape index (κ3) is 13.7. The van der Waals surface area contributed by atoms with Crippen LogP contribution in [-0.4, -0.2) is 198 Å². The average molecular weight is 1020 g/mol. The number of carbonyl (C=O) groups excluding carboxylic acids is 3. The second-order valence-corrected chi connectivity index (χ2v) is 19.2. The Balaban J connectivity index is 0.00000374. The first-order valence-electron chi connectivity index (χ1n) is 17.0. The summed E-state index contributed by atoms with van der Waals surface area (Å²) < 4.78 is 133. The molecular weight excluding hydrogens is 993 g/mol. The van der Waals surface area contributed by atoms with Crippen LogP contribution >= 0.6 is 0 Å². The van der Waals surface area contributed by atoms with Crippen LogP contribution < -0.4 is 21.3 Å². The predicted molar refractivity (Wildman–Crippen MR) is 244 cm³/mol. The van der Waals surface area contributed by atoms with Crippen LogP contribution in [0, 0.1) is 13.8 Å². The molecule has 4 radical (unpaired) electrons. The summed E-state index contributed by atoms with van der Waals surface area (Å²) >= 11 is 0. The van der Waals surface area contributed by atoms with Crippen LogP contribution in [0.4, 0.5) is 27.5 Å². The fraction of sp³-hybridized carbons (Fsp3) is 0.0541. The Kier molecular flexibility index (Phi) is 20.1. The number of benzene rings is 6. The zero-order valence-corrected chi connectivity index (χ0v) is 46.7. The van der Waals surface area contributed by atoms with E-state index in [-0.39, 0.29) is 174 Å². The fourth-order valence-corrected chi connectivity index (χ4v) is 8.38. The number of urea groups is 1. The van der Waals surface area contributed by atoms with Crippen molar-refractivity contribution >= 4 is 221 Å². The molecule has 0 atom stereocenters. The van der Waals surface area contributed by atoms with Crippen molar-refractivity contribution in [2.75, 3.05) is 21.3 Å². The normalized spacial score (nSPS) is 11.5. The first kappa shape index (κ1) is 59.4. The van der Waals surface area contributed by atoms with Crippen LogP contribution in [0.1, 0.15) is 31.8 Å². The molecule has 0 aliphatic carbocycles. The van der Waals surface area contributed by atoms with Gasteiger partial charge >= 0.3 is 6.03 Å². The SMILES string of the molecule is Cc1cc(C(=O)Nc2cc(S(=O)(=O)O)cc3cc(S(=O)(=O)O)cc(O)c23)ccc1NC(=O)Nc1ccc(C(=O)Nc2cc(S(=O)(=O)O)cc3cc(S(=O)(=O)O)cc(O)c23)cc1C.[Na].[Na].[Na].[Na]. The van der Waals surface area contributed by atoms with E-state index in [4.69, 9.17) is 0 Å². The first-order valence-corrected chi connectivity index (χ1v) is 22.8. The number of aryl methyl sites for hydroxylation is 2. The number of carbonyl (C=O) groups is 3. The zero-order valence-electron chi connectivity index (χ0n) is 35.4. The molecule has 0 bridgehead atoms. The fourth-order valence-electron chi connectivity index (χ4n) is 6.23. The molecule has 0 unspecified atom stereocenters. The largest absolute Gasteiger partial charge is 0.507 e. The molecule has 0 heterocycles. The second kappa shape index (κ2) is 22.4. The van der Waals surface area contributed by atoms with E-state index in [2.05, 4.69) is 21.3 Å². The van der Waals surface area contributed by atoms with E-state index < -0.39 is 89.4 Å². The van der Waals surface area contributed by atoms with Crippen molar-refractivity contribution in [2.24, 2.45) is 0 Å². The molecule has 0 saturated heterocycles. The van der Waals surface area contributed by atoms with Gasteiger partial charge in [-0.2, -0.15) is 33.7 Å². The number of aromatic hydroxyl groups is 2. The van der Waals surface area contributed by atoms with Gasteiger partial charge in [0.25, 0.3) is 52.3 Å². The Morgan fingerprint density at radius 3 is 0.970 bits per heavy atom. The standard InChI is InChI=1S/C37H30N4O17S4.4Na/c1-17-7-19(35(44)38-29-13-23(59(47,48)49)9-21-11-25(61(53,54)55)15-31(42)33(21)29)3-5-27(17)40-37(46)41-28-6-4-20(8-18(28)2)36(45)39-30-14-24(60(50,51)52)10-22-12-26(62(56,57)58)16-32(43)34(22)30;;;;/h3-16,42-43H,1-2H3,(H,38,44)(H,39,45)(H2,40,41,46)(H,47,48,49)(H,50,51,52)(H,53,54,55)(H,56,57,58);;;;. The maximum absolute atomic E-state index is 13.3. The molecule has 29 heteroatoms. The summed E-state index contributed by atoms with van der Waals surface area (Å²) in [5.74, 6) is -3.25. The quantitative estimate of drug-likeness (QED) is 0.0692. The minimum absolute atomic E-state index is 0. The molecule has 21 nitrogen and oxygen atoms in total. The second-order valence-electron chi connectivity index (χ2n) is 13.5. The average Bonchev–Trinajstić information content (AvgIpc) is 3.14. The molecule has 328 valence electrons. The van der Waals surface area contributed by atoms with Crippen molar-refractivity contribution in [1.82, 2.24) is 0 Å². The van der Waals surface area contributed by atoms with E-state index in [1.165, 1.54) is 50.2 Å². The van der Waals surface area contributed by atoms with Crippen LogP contribution in [0.5, 0.6) is 11.5 Å². The molecule has 0 spiro atoms. The Morgan fingerprint density at radius 1 is 0.409 bits per heavy atom. The van der Waals surface area contributed by atoms with Crippen LogP contribution in [0.25, 0.3) is 21.5 Å². The van der Waals surface area contributed by atoms with Gasteiger partial charge in [0.1, 0.15) is 11.5 Å². The van der Waals surface area contributed by atoms with E-state index in [0.717, 1.165) is 36.4 Å². The number of fused-ring (bicyclic) bond motifs is 2. The molecule has 6 rings (SSSR count). The van der Waals surface area contributed by atoms with E-state index in [0.29, 0.717) is 23.3 Å². The number of hydrogen-bond donors (Lipinski definition) is 10. The summed E-state index contributed by atoms with van der Waals surface area (Å²) in [6, 6.07) is 13.5. The van der Waals surface area contributed by atoms with Crippen molar-refractivity contribution in [3.8, 4) is 11.5 Å². The third-order valence-electron chi connectivity index (χ3n) is 9.11. The summed E-state index contributed by atoms with van der Waals surface area (Å²) in [6.07, 6.45) is 0. The molecule has 0 saturated carbocycles. The van der Waals surface area contributed by atoms with Gasteiger partial charge in [-0.25, -0.2) is 4.79 Å². The molecular formula is C37H30N4Na4O17S4. The smallest absolute Gasteiger partial charge is 0.323 e. The summed E-state index contributed by atoms with van der Waals surface area (Å²) in [5, 5.41) is 30.2. The number of nitrogens with one attached hydrogen (secondary N) is 4. The summed E-state index contributed by atoms with van der Waals surface area (Å²) in [7, 11) is -19.6. The van der Waals surface area contributed by atoms with E-state index >= 15 is 0 Å². The maximum atomic E-state index is 13.3. The van der Waals surface area contributed by atoms with E-state index in [9.17, 15) is 76.5 Å². The number of phenolic OH excluding ortho intramolecular Hbond substituents is 2. The molecule has 0 aromatic heterocycles. The molecule has 0 aliphatic rings. The van der Waals surface area contributed by atoms with Crippen LogP contribution in [0.15, 0.2) is 105 Å². The number of amides is 4. The first-order chi connectivity index (χ1) is 28.6. The molecule has 66 heavy (non-hydrogen) atoms. The molecule has 10 N–H and O–H groups in total. The van der Waals surface area contributed by atoms with Gasteiger partial charge in [0, 0.05) is 164 Å². The van der Waals surface area contributed by atoms with Crippen molar-refractivity contribution in [3.05, 3.63) is 107 Å². The molecule has 6 aromatic rings. The third-order valence-corrected chi connectivity index (χ3v) is 12.4. The van der Waals surface area contributed by atoms with Gasteiger partial charge in [-0.3, -0.25) is 27.8 Å². The van der Waals surface area contributed by atoms with Crippen LogP contribution in [0.3, 0.4) is 0 Å². The number of phenols is 2. The zero-order chi connectivity index (χ0) is 45.9. The van der Waals surface area contributed by atoms with Gasteiger partial charge in [-0.1, -0.05) is 0 Å². The predicted octanol–water partition coefficient (Wildman–Crippen LogP) is 3.63. The number of rotatable bonds is 10. The summed E-state index contributed by atoms with van der Waals surface area (Å²) in [6.45, 7) is 3.06. The Bertz CT molecular complexity index is 3200. The monoisotopic (exact) mass is 1020 g/mol. The maximum Gasteiger partial charge on any atom is 0.323 e. The van der Waals surface area contributed by atoms with Crippen molar-refractivity contribution in [3.63, 3.8) is 0 Å². The molecule has 0 aliphatic heterocycles. The molecule has 6 aromatic carbocycles. The summed E-state index contributed by atoms with van der Waals surface area (Å²) in [5.41, 5.74) is 0.352. The van der Waals surface area contributed by atoms with E-state index in [1.807, 2.05) is 0 Å². The Hall–Kier alpha value is -2.71. The topological polar surface area (TPSA) is 357 Å².